The van der Waals surface area contributed by atoms with Crippen molar-refractivity contribution >= 4 is 27.5 Å². The van der Waals surface area contributed by atoms with Gasteiger partial charge in [0.25, 0.3) is 5.91 Å². The highest BCUT2D eigenvalue weighted by Crippen LogP contribution is 2.12. The van der Waals surface area contributed by atoms with E-state index in [1.807, 2.05) is 4.83 Å². The lowest BCUT2D eigenvalue weighted by Crippen LogP contribution is -2.42. The molecule has 2 N–H and O–H groups in total. The van der Waals surface area contributed by atoms with Gasteiger partial charge in [0.2, 0.25) is 10.0 Å². The van der Waals surface area contributed by atoms with E-state index in [1.54, 1.807) is 32.2 Å². The lowest BCUT2D eigenvalue weighted by Gasteiger charge is -2.08. The molecule has 2 aromatic rings. The number of aryl methyl sites for hydroxylation is 1. The van der Waals surface area contributed by atoms with Crippen molar-refractivity contribution in [1.29, 1.82) is 0 Å². The topological polar surface area (TPSA) is 106 Å². The van der Waals surface area contributed by atoms with Gasteiger partial charge in [-0.25, -0.2) is 8.42 Å². The molecular formula is C12H14ClN5O3S. The van der Waals surface area contributed by atoms with Crippen LogP contribution in [0.1, 0.15) is 21.7 Å². The second kappa shape index (κ2) is 6.42. The number of hydrogen-bond donors (Lipinski definition) is 2. The van der Waals surface area contributed by atoms with Crippen LogP contribution in [-0.2, 0) is 22.8 Å². The van der Waals surface area contributed by atoms with E-state index in [2.05, 4.69) is 15.7 Å². The van der Waals surface area contributed by atoms with E-state index in [4.69, 9.17) is 11.6 Å². The van der Waals surface area contributed by atoms with Gasteiger partial charge in [-0.15, -0.1) is 9.93 Å². The smallest absolute Gasteiger partial charge is 0.272 e. The number of rotatable bonds is 5. The number of benzene rings is 1. The average Bonchev–Trinajstić information content (AvgIpc) is 2.76. The molecule has 0 radical (unpaired) electrons. The summed E-state index contributed by atoms with van der Waals surface area (Å²) in [6, 6.07) is 6.45. The Balaban J connectivity index is 2.01. The Labute approximate surface area is 132 Å². The van der Waals surface area contributed by atoms with Crippen LogP contribution in [0.3, 0.4) is 0 Å². The van der Waals surface area contributed by atoms with Crippen molar-refractivity contribution in [2.45, 2.75) is 12.7 Å². The molecule has 0 spiro atoms. The van der Waals surface area contributed by atoms with Gasteiger partial charge in [-0.3, -0.25) is 14.9 Å². The number of halogens is 1. The highest BCUT2D eigenvalue weighted by atomic mass is 35.5. The second-order valence-electron chi connectivity index (χ2n) is 4.59. The third-order valence-electron chi connectivity index (χ3n) is 2.89. The first kappa shape index (κ1) is 16.4. The zero-order valence-corrected chi connectivity index (χ0v) is 13.4. The van der Waals surface area contributed by atoms with Crippen molar-refractivity contribution in [2.24, 2.45) is 7.05 Å². The quantitative estimate of drug-likeness (QED) is 0.771. The van der Waals surface area contributed by atoms with Crippen molar-refractivity contribution in [3.63, 3.8) is 0 Å². The van der Waals surface area contributed by atoms with E-state index < -0.39 is 15.9 Å². The van der Waals surface area contributed by atoms with Gasteiger partial charge in [-0.05, 0) is 24.6 Å². The van der Waals surface area contributed by atoms with Crippen LogP contribution in [0.4, 0.5) is 0 Å². The number of nitrogens with zero attached hydrogens (tertiary/aromatic N) is 3. The summed E-state index contributed by atoms with van der Waals surface area (Å²) in [6.45, 7) is 1.65. The van der Waals surface area contributed by atoms with Crippen LogP contribution in [0.5, 0.6) is 0 Å². The number of sulfonamides is 1. The molecule has 10 heteroatoms. The van der Waals surface area contributed by atoms with Crippen LogP contribution in [0.15, 0.2) is 24.3 Å². The molecule has 8 nitrogen and oxygen atoms in total. The Hall–Kier alpha value is -1.97. The largest absolute Gasteiger partial charge is 0.288 e. The highest BCUT2D eigenvalue weighted by molar-refractivity contribution is 7.88. The van der Waals surface area contributed by atoms with Gasteiger partial charge in [0.05, 0.1) is 11.4 Å². The van der Waals surface area contributed by atoms with Crippen LogP contribution >= 0.6 is 11.6 Å². The average molecular weight is 344 g/mol. The summed E-state index contributed by atoms with van der Waals surface area (Å²) in [5, 5.41) is 7.77. The first-order valence-electron chi connectivity index (χ1n) is 6.19. The normalized spacial score (nSPS) is 11.4. The van der Waals surface area contributed by atoms with Crippen LogP contribution in [0, 0.1) is 6.92 Å². The lowest BCUT2D eigenvalue weighted by molar-refractivity contribution is 0.0939. The highest BCUT2D eigenvalue weighted by Gasteiger charge is 2.18. The summed E-state index contributed by atoms with van der Waals surface area (Å²) < 4.78 is 25.3. The Bertz CT molecular complexity index is 803. The summed E-state index contributed by atoms with van der Waals surface area (Å²) >= 11 is 5.80. The lowest BCUT2D eigenvalue weighted by atomic mass is 10.2. The van der Waals surface area contributed by atoms with Crippen molar-refractivity contribution in [3.05, 3.63) is 46.2 Å². The van der Waals surface area contributed by atoms with Gasteiger partial charge in [0.15, 0.2) is 5.69 Å². The monoisotopic (exact) mass is 343 g/mol. The van der Waals surface area contributed by atoms with Gasteiger partial charge in [-0.2, -0.15) is 0 Å². The first-order chi connectivity index (χ1) is 10.3. The fourth-order valence-electron chi connectivity index (χ4n) is 1.68. The molecule has 0 saturated carbocycles. The number of amides is 1. The second-order valence-corrected chi connectivity index (χ2v) is 6.75. The van der Waals surface area contributed by atoms with Gasteiger partial charge in [0, 0.05) is 12.1 Å². The molecular weight excluding hydrogens is 330 g/mol. The molecule has 0 aliphatic heterocycles. The third-order valence-corrected chi connectivity index (χ3v) is 4.25. The van der Waals surface area contributed by atoms with Gasteiger partial charge < -0.3 is 0 Å². The minimum absolute atomic E-state index is 0.0490. The molecule has 0 aliphatic rings. The molecule has 0 aliphatic carbocycles. The zero-order valence-electron chi connectivity index (χ0n) is 11.9. The molecule has 1 aromatic heterocycles. The zero-order chi connectivity index (χ0) is 16.3. The van der Waals surface area contributed by atoms with Crippen molar-refractivity contribution in [3.8, 4) is 0 Å². The minimum atomic E-state index is -3.76. The fourth-order valence-corrected chi connectivity index (χ4v) is 2.83. The molecule has 2 rings (SSSR count). The van der Waals surface area contributed by atoms with E-state index in [0.29, 0.717) is 16.3 Å². The van der Waals surface area contributed by atoms with Crippen molar-refractivity contribution < 1.29 is 13.2 Å². The summed E-state index contributed by atoms with van der Waals surface area (Å²) in [4.78, 5) is 13.9. The Morgan fingerprint density at radius 3 is 2.73 bits per heavy atom. The molecule has 1 aromatic carbocycles. The van der Waals surface area contributed by atoms with E-state index >= 15 is 0 Å². The van der Waals surface area contributed by atoms with Crippen LogP contribution < -0.4 is 10.3 Å². The van der Waals surface area contributed by atoms with E-state index in [1.165, 1.54) is 10.7 Å². The van der Waals surface area contributed by atoms with E-state index in [0.717, 1.165) is 0 Å². The summed E-state index contributed by atoms with van der Waals surface area (Å²) in [5.41, 5.74) is 3.18. The fraction of sp³-hybridized carbons (Fsp3) is 0.250. The maximum absolute atomic E-state index is 11.9. The van der Waals surface area contributed by atoms with Crippen LogP contribution in [0.2, 0.25) is 5.02 Å². The molecule has 0 saturated heterocycles. The standard InChI is InChI=1S/C12H14ClN5O3S/c1-8-11(14-16-18(8)2)12(19)15-17-22(20,21)7-9-4-3-5-10(13)6-9/h3-6,17H,7H2,1-2H3,(H,15,19). The summed E-state index contributed by atoms with van der Waals surface area (Å²) in [6.07, 6.45) is 0. The van der Waals surface area contributed by atoms with Gasteiger partial charge in [-0.1, -0.05) is 28.9 Å². The Morgan fingerprint density at radius 1 is 1.41 bits per heavy atom. The molecule has 22 heavy (non-hydrogen) atoms. The number of aromatic nitrogens is 3. The molecule has 1 heterocycles. The number of nitrogens with one attached hydrogen (secondary N) is 2. The predicted molar refractivity (Wildman–Crippen MR) is 80.4 cm³/mol. The van der Waals surface area contributed by atoms with Crippen molar-refractivity contribution in [1.82, 2.24) is 25.3 Å². The maximum Gasteiger partial charge on any atom is 0.288 e. The minimum Gasteiger partial charge on any atom is -0.272 e. The van der Waals surface area contributed by atoms with Crippen molar-refractivity contribution in [2.75, 3.05) is 0 Å². The van der Waals surface area contributed by atoms with Gasteiger partial charge in [0.1, 0.15) is 0 Å². The van der Waals surface area contributed by atoms with Crippen LogP contribution in [0.25, 0.3) is 0 Å². The number of hydrazine groups is 1. The Kier molecular flexibility index (Phi) is 4.79. The first-order valence-corrected chi connectivity index (χ1v) is 8.22. The molecule has 0 fully saturated rings. The predicted octanol–water partition coefficient (Wildman–Crippen LogP) is 0.541. The molecule has 0 unspecified atom stereocenters. The SMILES string of the molecule is Cc1c(C(=O)NNS(=O)(=O)Cc2cccc(Cl)c2)nnn1C. The number of hydrogen-bond acceptors (Lipinski definition) is 5. The van der Waals surface area contributed by atoms with E-state index in [-0.39, 0.29) is 11.4 Å². The molecule has 118 valence electrons. The maximum atomic E-state index is 11.9. The van der Waals surface area contributed by atoms with Gasteiger partial charge >= 0.3 is 0 Å². The van der Waals surface area contributed by atoms with E-state index in [9.17, 15) is 13.2 Å². The Morgan fingerprint density at radius 2 is 2.14 bits per heavy atom. The number of carbonyl (C=O) groups is 1. The third kappa shape index (κ3) is 4.03. The number of carbonyl (C=O) groups excluding carboxylic acids is 1. The van der Waals surface area contributed by atoms with Crippen LogP contribution in [-0.4, -0.2) is 29.3 Å². The summed E-state index contributed by atoms with van der Waals surface area (Å²) in [7, 11) is -2.13. The molecule has 0 atom stereocenters. The summed E-state index contributed by atoms with van der Waals surface area (Å²) in [5.74, 6) is -0.993. The molecule has 0 bridgehead atoms. The molecule has 1 amide bonds.